The fourth-order valence-electron chi connectivity index (χ4n) is 1.78. The van der Waals surface area contributed by atoms with Gasteiger partial charge in [-0.05, 0) is 37.6 Å². The molecule has 0 unspecified atom stereocenters. The summed E-state index contributed by atoms with van der Waals surface area (Å²) < 4.78 is 18.2. The Balaban J connectivity index is 2.22. The zero-order valence-corrected chi connectivity index (χ0v) is 9.79. The van der Waals surface area contributed by atoms with E-state index >= 15 is 0 Å². The second-order valence-corrected chi connectivity index (χ2v) is 4.04. The molecular formula is C14H13FO2. The van der Waals surface area contributed by atoms with Gasteiger partial charge in [0, 0.05) is 6.42 Å². The summed E-state index contributed by atoms with van der Waals surface area (Å²) in [6.07, 6.45) is 0.564. The van der Waals surface area contributed by atoms with Crippen LogP contribution in [-0.4, -0.2) is 5.78 Å². The SMILES string of the molecule is CC(=O)c1cc(Cc2ccc(F)cc2)oc1C. The molecule has 17 heavy (non-hydrogen) atoms. The monoisotopic (exact) mass is 232 g/mol. The van der Waals surface area contributed by atoms with Crippen molar-refractivity contribution < 1.29 is 13.6 Å². The summed E-state index contributed by atoms with van der Waals surface area (Å²) in [5.74, 6) is 1.10. The summed E-state index contributed by atoms with van der Waals surface area (Å²) in [7, 11) is 0. The van der Waals surface area contributed by atoms with Gasteiger partial charge in [-0.2, -0.15) is 0 Å². The average molecular weight is 232 g/mol. The lowest BCUT2D eigenvalue weighted by Crippen LogP contribution is -1.90. The predicted octanol–water partition coefficient (Wildman–Crippen LogP) is 3.52. The molecule has 0 saturated carbocycles. The minimum Gasteiger partial charge on any atom is -0.465 e. The van der Waals surface area contributed by atoms with Gasteiger partial charge >= 0.3 is 0 Å². The maximum atomic E-state index is 12.7. The first kappa shape index (κ1) is 11.6. The maximum absolute atomic E-state index is 12.7. The molecule has 0 saturated heterocycles. The highest BCUT2D eigenvalue weighted by Gasteiger charge is 2.11. The van der Waals surface area contributed by atoms with E-state index in [1.165, 1.54) is 19.1 Å². The van der Waals surface area contributed by atoms with Gasteiger partial charge in [-0.1, -0.05) is 12.1 Å². The van der Waals surface area contributed by atoms with E-state index in [0.29, 0.717) is 17.7 Å². The Hall–Kier alpha value is -1.90. The topological polar surface area (TPSA) is 30.2 Å². The number of aryl methyl sites for hydroxylation is 1. The number of Topliss-reactive ketones (excluding diaryl/α,β-unsaturated/α-hetero) is 1. The highest BCUT2D eigenvalue weighted by Crippen LogP contribution is 2.18. The molecule has 2 aromatic rings. The van der Waals surface area contributed by atoms with Crippen LogP contribution in [0.3, 0.4) is 0 Å². The third-order valence-corrected chi connectivity index (χ3v) is 2.64. The van der Waals surface area contributed by atoms with Gasteiger partial charge in [-0.15, -0.1) is 0 Å². The first-order chi connectivity index (χ1) is 8.06. The number of halogens is 1. The third-order valence-electron chi connectivity index (χ3n) is 2.64. The van der Waals surface area contributed by atoms with Gasteiger partial charge < -0.3 is 4.42 Å². The Morgan fingerprint density at radius 1 is 1.29 bits per heavy atom. The molecule has 1 aromatic heterocycles. The van der Waals surface area contributed by atoms with Crippen molar-refractivity contribution in [1.29, 1.82) is 0 Å². The Morgan fingerprint density at radius 3 is 2.47 bits per heavy atom. The summed E-state index contributed by atoms with van der Waals surface area (Å²) in [5, 5.41) is 0. The van der Waals surface area contributed by atoms with Crippen LogP contribution in [0.2, 0.25) is 0 Å². The second kappa shape index (κ2) is 4.53. The number of hydrogen-bond acceptors (Lipinski definition) is 2. The number of carbonyl (C=O) groups excluding carboxylic acids is 1. The largest absolute Gasteiger partial charge is 0.465 e. The molecule has 0 N–H and O–H groups in total. The molecule has 0 bridgehead atoms. The van der Waals surface area contributed by atoms with Crippen LogP contribution in [0.4, 0.5) is 4.39 Å². The molecule has 2 rings (SSSR count). The molecule has 3 heteroatoms. The van der Waals surface area contributed by atoms with Crippen LogP contribution in [0.1, 0.15) is 34.4 Å². The van der Waals surface area contributed by atoms with Crippen LogP contribution in [0.15, 0.2) is 34.7 Å². The fourth-order valence-corrected chi connectivity index (χ4v) is 1.78. The van der Waals surface area contributed by atoms with E-state index in [4.69, 9.17) is 4.42 Å². The van der Waals surface area contributed by atoms with Gasteiger partial charge in [-0.3, -0.25) is 4.79 Å². The maximum Gasteiger partial charge on any atom is 0.163 e. The highest BCUT2D eigenvalue weighted by molar-refractivity contribution is 5.95. The lowest BCUT2D eigenvalue weighted by Gasteiger charge is -1.97. The van der Waals surface area contributed by atoms with E-state index in [2.05, 4.69) is 0 Å². The number of hydrogen-bond donors (Lipinski definition) is 0. The van der Waals surface area contributed by atoms with E-state index < -0.39 is 0 Å². The van der Waals surface area contributed by atoms with E-state index in [1.54, 1.807) is 25.1 Å². The molecule has 0 fully saturated rings. The number of rotatable bonds is 3. The summed E-state index contributed by atoms with van der Waals surface area (Å²) >= 11 is 0. The van der Waals surface area contributed by atoms with Crippen molar-refractivity contribution in [3.05, 3.63) is 58.8 Å². The standard InChI is InChI=1S/C14H13FO2/c1-9(16)14-8-13(17-10(14)2)7-11-3-5-12(15)6-4-11/h3-6,8H,7H2,1-2H3. The van der Waals surface area contributed by atoms with Gasteiger partial charge in [-0.25, -0.2) is 4.39 Å². The Labute approximate surface area is 99.1 Å². The molecule has 1 aromatic carbocycles. The minimum absolute atomic E-state index is 0.00314. The Kier molecular flexibility index (Phi) is 3.09. The lowest BCUT2D eigenvalue weighted by molar-refractivity contribution is 0.101. The molecule has 0 aliphatic heterocycles. The molecule has 88 valence electrons. The Bertz CT molecular complexity index is 538. The van der Waals surface area contributed by atoms with Gasteiger partial charge in [0.25, 0.3) is 0 Å². The molecular weight excluding hydrogens is 219 g/mol. The number of furan rings is 1. The molecule has 0 atom stereocenters. The third kappa shape index (κ3) is 2.61. The van der Waals surface area contributed by atoms with Gasteiger partial charge in [0.1, 0.15) is 17.3 Å². The van der Waals surface area contributed by atoms with Crippen LogP contribution in [0, 0.1) is 12.7 Å². The normalized spacial score (nSPS) is 10.5. The van der Waals surface area contributed by atoms with Crippen molar-refractivity contribution >= 4 is 5.78 Å². The summed E-state index contributed by atoms with van der Waals surface area (Å²) in [4.78, 5) is 11.3. The zero-order valence-electron chi connectivity index (χ0n) is 9.79. The van der Waals surface area contributed by atoms with Crippen molar-refractivity contribution in [1.82, 2.24) is 0 Å². The summed E-state index contributed by atoms with van der Waals surface area (Å²) in [5.41, 5.74) is 1.57. The van der Waals surface area contributed by atoms with E-state index in [-0.39, 0.29) is 11.6 Å². The highest BCUT2D eigenvalue weighted by atomic mass is 19.1. The van der Waals surface area contributed by atoms with Gasteiger partial charge in [0.2, 0.25) is 0 Å². The predicted molar refractivity (Wildman–Crippen MR) is 62.7 cm³/mol. The van der Waals surface area contributed by atoms with E-state index in [0.717, 1.165) is 11.3 Å². The number of ketones is 1. The zero-order chi connectivity index (χ0) is 12.4. The van der Waals surface area contributed by atoms with Crippen LogP contribution < -0.4 is 0 Å². The molecule has 0 radical (unpaired) electrons. The van der Waals surface area contributed by atoms with Crippen molar-refractivity contribution in [3.8, 4) is 0 Å². The second-order valence-electron chi connectivity index (χ2n) is 4.04. The molecule has 1 heterocycles. The van der Waals surface area contributed by atoms with Gasteiger partial charge in [0.15, 0.2) is 5.78 Å². The van der Waals surface area contributed by atoms with Crippen LogP contribution in [0.25, 0.3) is 0 Å². The first-order valence-electron chi connectivity index (χ1n) is 5.41. The van der Waals surface area contributed by atoms with Crippen molar-refractivity contribution in [2.75, 3.05) is 0 Å². The number of carbonyl (C=O) groups is 1. The molecule has 0 amide bonds. The molecule has 0 aliphatic carbocycles. The number of benzene rings is 1. The quantitative estimate of drug-likeness (QED) is 0.758. The van der Waals surface area contributed by atoms with Gasteiger partial charge in [0.05, 0.1) is 5.56 Å². The van der Waals surface area contributed by atoms with E-state index in [9.17, 15) is 9.18 Å². The van der Waals surface area contributed by atoms with Crippen LogP contribution in [0.5, 0.6) is 0 Å². The Morgan fingerprint density at radius 2 is 1.94 bits per heavy atom. The fraction of sp³-hybridized carbons (Fsp3) is 0.214. The van der Waals surface area contributed by atoms with Crippen LogP contribution >= 0.6 is 0 Å². The van der Waals surface area contributed by atoms with E-state index in [1.807, 2.05) is 0 Å². The average Bonchev–Trinajstić information content (AvgIpc) is 2.63. The van der Waals surface area contributed by atoms with Crippen molar-refractivity contribution in [2.24, 2.45) is 0 Å². The van der Waals surface area contributed by atoms with Crippen molar-refractivity contribution in [2.45, 2.75) is 20.3 Å². The minimum atomic E-state index is -0.256. The molecule has 0 spiro atoms. The smallest absolute Gasteiger partial charge is 0.163 e. The molecule has 0 aliphatic rings. The first-order valence-corrected chi connectivity index (χ1v) is 5.41. The molecule has 2 nitrogen and oxygen atoms in total. The summed E-state index contributed by atoms with van der Waals surface area (Å²) in [6.45, 7) is 3.28. The lowest BCUT2D eigenvalue weighted by atomic mass is 10.1. The van der Waals surface area contributed by atoms with Crippen LogP contribution in [-0.2, 0) is 6.42 Å². The van der Waals surface area contributed by atoms with Crippen molar-refractivity contribution in [3.63, 3.8) is 0 Å². The summed E-state index contributed by atoms with van der Waals surface area (Å²) in [6, 6.07) is 8.00.